The molecule has 0 fully saturated rings. The van der Waals surface area contributed by atoms with Crippen LogP contribution >= 0.6 is 0 Å². The summed E-state index contributed by atoms with van der Waals surface area (Å²) in [5.41, 5.74) is 0.875. The van der Waals surface area contributed by atoms with Gasteiger partial charge in [-0.2, -0.15) is 0 Å². The molecule has 0 saturated carbocycles. The molecule has 2 aromatic carbocycles. The fourth-order valence-corrected chi connectivity index (χ4v) is 2.82. The van der Waals surface area contributed by atoms with E-state index in [1.807, 2.05) is 30.3 Å². The van der Waals surface area contributed by atoms with Gasteiger partial charge in [-0.25, -0.2) is 0 Å². The van der Waals surface area contributed by atoms with Crippen molar-refractivity contribution in [2.75, 3.05) is 33.9 Å². The molecule has 0 aliphatic carbocycles. The van der Waals surface area contributed by atoms with Gasteiger partial charge >= 0.3 is 0 Å². The minimum Gasteiger partial charge on any atom is -0.496 e. The third kappa shape index (κ3) is 3.18. The summed E-state index contributed by atoms with van der Waals surface area (Å²) in [5.74, 6) is 1.54. The van der Waals surface area contributed by atoms with Crippen molar-refractivity contribution in [2.45, 2.75) is 20.0 Å². The molecule has 0 heterocycles. The second-order valence-corrected chi connectivity index (χ2v) is 5.24. The first-order valence-corrected chi connectivity index (χ1v) is 7.70. The highest BCUT2D eigenvalue weighted by Gasteiger charge is 2.18. The smallest absolute Gasteiger partial charge is 0.127 e. The SMILES string of the molecule is CCN(CC)CC(O)c1ccc(OC)c2cccc(OC)c12. The van der Waals surface area contributed by atoms with Crippen LogP contribution in [0.5, 0.6) is 11.5 Å². The third-order valence-corrected chi connectivity index (χ3v) is 4.12. The highest BCUT2D eigenvalue weighted by molar-refractivity contribution is 5.96. The number of hydrogen-bond donors (Lipinski definition) is 1. The number of benzene rings is 2. The number of aliphatic hydroxyl groups is 1. The Morgan fingerprint density at radius 3 is 2.27 bits per heavy atom. The van der Waals surface area contributed by atoms with E-state index in [1.54, 1.807) is 14.2 Å². The molecule has 2 aromatic rings. The lowest BCUT2D eigenvalue weighted by molar-refractivity contribution is 0.120. The number of nitrogens with zero attached hydrogens (tertiary/aromatic N) is 1. The largest absolute Gasteiger partial charge is 0.496 e. The predicted octanol–water partition coefficient (Wildman–Crippen LogP) is 3.23. The van der Waals surface area contributed by atoms with Gasteiger partial charge in [0.2, 0.25) is 0 Å². The third-order valence-electron chi connectivity index (χ3n) is 4.12. The van der Waals surface area contributed by atoms with Crippen molar-refractivity contribution in [3.05, 3.63) is 35.9 Å². The van der Waals surface area contributed by atoms with Crippen molar-refractivity contribution in [3.63, 3.8) is 0 Å². The molecule has 22 heavy (non-hydrogen) atoms. The van der Waals surface area contributed by atoms with Crippen molar-refractivity contribution >= 4 is 10.8 Å². The fourth-order valence-electron chi connectivity index (χ4n) is 2.82. The van der Waals surface area contributed by atoms with Gasteiger partial charge < -0.3 is 19.5 Å². The lowest BCUT2D eigenvalue weighted by Crippen LogP contribution is -2.28. The van der Waals surface area contributed by atoms with E-state index in [0.717, 1.165) is 40.9 Å². The Kier molecular flexibility index (Phi) is 5.63. The second kappa shape index (κ2) is 7.47. The summed E-state index contributed by atoms with van der Waals surface area (Å²) in [7, 11) is 3.30. The van der Waals surface area contributed by atoms with Crippen LogP contribution in [-0.2, 0) is 0 Å². The van der Waals surface area contributed by atoms with Crippen molar-refractivity contribution in [3.8, 4) is 11.5 Å². The number of hydrogen-bond acceptors (Lipinski definition) is 4. The molecule has 2 rings (SSSR count). The molecule has 0 bridgehead atoms. The van der Waals surface area contributed by atoms with Gasteiger partial charge in [0.25, 0.3) is 0 Å². The van der Waals surface area contributed by atoms with Gasteiger partial charge in [0.1, 0.15) is 11.5 Å². The fraction of sp³-hybridized carbons (Fsp3) is 0.444. The zero-order valence-corrected chi connectivity index (χ0v) is 13.8. The molecule has 1 N–H and O–H groups in total. The van der Waals surface area contributed by atoms with E-state index in [1.165, 1.54) is 0 Å². The van der Waals surface area contributed by atoms with Gasteiger partial charge in [-0.3, -0.25) is 0 Å². The van der Waals surface area contributed by atoms with Gasteiger partial charge in [0.05, 0.1) is 20.3 Å². The molecule has 0 saturated heterocycles. The van der Waals surface area contributed by atoms with E-state index < -0.39 is 6.10 Å². The van der Waals surface area contributed by atoms with Crippen LogP contribution in [0, 0.1) is 0 Å². The number of likely N-dealkylation sites (N-methyl/N-ethyl adjacent to an activating group) is 1. The standard InChI is InChI=1S/C18H25NO3/c1-5-19(6-2)12-15(20)13-10-11-16(21-3)14-8-7-9-17(22-4)18(13)14/h7-11,15,20H,5-6,12H2,1-4H3. The monoisotopic (exact) mass is 303 g/mol. The Morgan fingerprint density at radius 2 is 1.68 bits per heavy atom. The summed E-state index contributed by atoms with van der Waals surface area (Å²) in [6.07, 6.45) is -0.565. The van der Waals surface area contributed by atoms with Gasteiger partial charge in [0, 0.05) is 17.3 Å². The zero-order valence-electron chi connectivity index (χ0n) is 13.8. The average Bonchev–Trinajstić information content (AvgIpc) is 2.57. The van der Waals surface area contributed by atoms with Crippen LogP contribution in [0.25, 0.3) is 10.8 Å². The molecule has 0 aliphatic heterocycles. The van der Waals surface area contributed by atoms with Crippen LogP contribution in [0.2, 0.25) is 0 Å². The highest BCUT2D eigenvalue weighted by Crippen LogP contribution is 2.37. The van der Waals surface area contributed by atoms with Crippen molar-refractivity contribution in [1.29, 1.82) is 0 Å². The summed E-state index contributed by atoms with van der Waals surface area (Å²) < 4.78 is 10.9. The highest BCUT2D eigenvalue weighted by atomic mass is 16.5. The van der Waals surface area contributed by atoms with E-state index in [2.05, 4.69) is 18.7 Å². The summed E-state index contributed by atoms with van der Waals surface area (Å²) in [5, 5.41) is 12.6. The molecule has 0 spiro atoms. The zero-order chi connectivity index (χ0) is 16.1. The van der Waals surface area contributed by atoms with Crippen LogP contribution in [-0.4, -0.2) is 43.9 Å². The molecule has 0 radical (unpaired) electrons. The quantitative estimate of drug-likeness (QED) is 0.852. The molecule has 1 atom stereocenters. The van der Waals surface area contributed by atoms with Gasteiger partial charge in [-0.05, 0) is 30.8 Å². The van der Waals surface area contributed by atoms with Gasteiger partial charge in [-0.15, -0.1) is 0 Å². The number of fused-ring (bicyclic) bond motifs is 1. The molecule has 0 amide bonds. The average molecular weight is 303 g/mol. The molecule has 1 unspecified atom stereocenters. The number of rotatable bonds is 7. The van der Waals surface area contributed by atoms with Crippen molar-refractivity contribution < 1.29 is 14.6 Å². The Labute approximate surface area is 132 Å². The summed E-state index contributed by atoms with van der Waals surface area (Å²) in [4.78, 5) is 2.20. The minimum atomic E-state index is -0.565. The molecule has 120 valence electrons. The second-order valence-electron chi connectivity index (χ2n) is 5.24. The Morgan fingerprint density at radius 1 is 1.00 bits per heavy atom. The van der Waals surface area contributed by atoms with Crippen LogP contribution in [0.15, 0.2) is 30.3 Å². The minimum absolute atomic E-state index is 0.565. The van der Waals surface area contributed by atoms with E-state index >= 15 is 0 Å². The van der Waals surface area contributed by atoms with E-state index in [4.69, 9.17) is 9.47 Å². The molecular formula is C18H25NO3. The molecule has 0 aromatic heterocycles. The lowest BCUT2D eigenvalue weighted by Gasteiger charge is -2.24. The maximum Gasteiger partial charge on any atom is 0.127 e. The predicted molar refractivity (Wildman–Crippen MR) is 89.8 cm³/mol. The summed E-state index contributed by atoms with van der Waals surface area (Å²) in [6.45, 7) is 6.63. The Hall–Kier alpha value is -1.78. The van der Waals surface area contributed by atoms with E-state index in [9.17, 15) is 5.11 Å². The summed E-state index contributed by atoms with van der Waals surface area (Å²) in [6, 6.07) is 9.67. The van der Waals surface area contributed by atoms with E-state index in [-0.39, 0.29) is 0 Å². The number of methoxy groups -OCH3 is 2. The first-order chi connectivity index (χ1) is 10.7. The first-order valence-electron chi connectivity index (χ1n) is 7.70. The maximum atomic E-state index is 10.7. The number of ether oxygens (including phenoxy) is 2. The molecule has 4 heteroatoms. The van der Waals surface area contributed by atoms with Gasteiger partial charge in [0.15, 0.2) is 0 Å². The lowest BCUT2D eigenvalue weighted by atomic mass is 9.98. The molecular weight excluding hydrogens is 278 g/mol. The molecule has 4 nitrogen and oxygen atoms in total. The first kappa shape index (κ1) is 16.6. The van der Waals surface area contributed by atoms with E-state index in [0.29, 0.717) is 6.54 Å². The molecule has 0 aliphatic rings. The van der Waals surface area contributed by atoms with Crippen LogP contribution in [0.3, 0.4) is 0 Å². The topological polar surface area (TPSA) is 41.9 Å². The Balaban J connectivity index is 2.54. The van der Waals surface area contributed by atoms with Crippen LogP contribution in [0.1, 0.15) is 25.5 Å². The van der Waals surface area contributed by atoms with Crippen molar-refractivity contribution in [2.24, 2.45) is 0 Å². The number of aliphatic hydroxyl groups excluding tert-OH is 1. The Bertz CT molecular complexity index is 623. The van der Waals surface area contributed by atoms with Crippen LogP contribution in [0.4, 0.5) is 0 Å². The normalized spacial score (nSPS) is 12.6. The van der Waals surface area contributed by atoms with Crippen LogP contribution < -0.4 is 9.47 Å². The maximum absolute atomic E-state index is 10.7. The van der Waals surface area contributed by atoms with Crippen molar-refractivity contribution in [1.82, 2.24) is 4.90 Å². The van der Waals surface area contributed by atoms with Gasteiger partial charge in [-0.1, -0.05) is 32.0 Å². The summed E-state index contributed by atoms with van der Waals surface area (Å²) >= 11 is 0.